The third-order valence-corrected chi connectivity index (χ3v) is 3.64. The van der Waals surface area contributed by atoms with Crippen LogP contribution in [0.2, 0.25) is 0 Å². The number of nitrogens with zero attached hydrogens (tertiary/aromatic N) is 1. The molecule has 0 saturated heterocycles. The molecule has 2 heterocycles. The Labute approximate surface area is 133 Å². The summed E-state index contributed by atoms with van der Waals surface area (Å²) in [6, 6.07) is 21.9. The van der Waals surface area contributed by atoms with Crippen LogP contribution >= 0.6 is 0 Å². The van der Waals surface area contributed by atoms with Crippen LogP contribution in [0, 0.1) is 0 Å². The number of rotatable bonds is 3. The second-order valence-electron chi connectivity index (χ2n) is 5.19. The van der Waals surface area contributed by atoms with Gasteiger partial charge in [0.2, 0.25) is 11.9 Å². The van der Waals surface area contributed by atoms with E-state index >= 15 is 0 Å². The molecule has 0 bridgehead atoms. The van der Waals surface area contributed by atoms with Crippen LogP contribution in [0.3, 0.4) is 0 Å². The molecule has 3 aromatic rings. The summed E-state index contributed by atoms with van der Waals surface area (Å²) in [6.45, 7) is 0. The summed E-state index contributed by atoms with van der Waals surface area (Å²) >= 11 is 0. The zero-order chi connectivity index (χ0) is 15.6. The van der Waals surface area contributed by atoms with Crippen molar-refractivity contribution in [1.29, 1.82) is 0 Å². The predicted octanol–water partition coefficient (Wildman–Crippen LogP) is 3.99. The first-order valence-corrected chi connectivity index (χ1v) is 7.31. The molecule has 1 unspecified atom stereocenters. The van der Waals surface area contributed by atoms with Crippen LogP contribution in [0.4, 0.5) is 0 Å². The predicted molar refractivity (Wildman–Crippen MR) is 86.0 cm³/mol. The minimum atomic E-state index is -0.748. The molecule has 0 amide bonds. The molecule has 4 heteroatoms. The highest BCUT2D eigenvalue weighted by molar-refractivity contribution is 6.06. The lowest BCUT2D eigenvalue weighted by Crippen LogP contribution is -2.08. The number of hydrogen-bond acceptors (Lipinski definition) is 4. The smallest absolute Gasteiger partial charge is 0.345 e. The van der Waals surface area contributed by atoms with Gasteiger partial charge < -0.3 is 9.15 Å². The van der Waals surface area contributed by atoms with Gasteiger partial charge in [-0.15, -0.1) is 0 Å². The second-order valence-corrected chi connectivity index (χ2v) is 5.19. The number of aliphatic imine (C=N–C) groups is 1. The van der Waals surface area contributed by atoms with Crippen molar-refractivity contribution < 1.29 is 13.9 Å². The van der Waals surface area contributed by atoms with Gasteiger partial charge in [-0.05, 0) is 24.3 Å². The maximum absolute atomic E-state index is 12.1. The summed E-state index contributed by atoms with van der Waals surface area (Å²) in [5, 5.41) is 0. The van der Waals surface area contributed by atoms with Gasteiger partial charge in [-0.1, -0.05) is 48.5 Å². The fourth-order valence-corrected chi connectivity index (χ4v) is 2.50. The summed E-state index contributed by atoms with van der Waals surface area (Å²) in [6.07, 6.45) is 0. The van der Waals surface area contributed by atoms with Gasteiger partial charge in [0, 0.05) is 11.1 Å². The Hall–Kier alpha value is -3.14. The molecule has 0 aliphatic carbocycles. The Morgan fingerprint density at radius 2 is 1.43 bits per heavy atom. The molecule has 1 aliphatic rings. The molecule has 0 fully saturated rings. The monoisotopic (exact) mass is 303 g/mol. The molecular formula is C19H13NO3. The molecule has 4 rings (SSSR count). The third kappa shape index (κ3) is 2.55. The van der Waals surface area contributed by atoms with Gasteiger partial charge in [0.15, 0.2) is 0 Å². The van der Waals surface area contributed by atoms with Crippen LogP contribution < -0.4 is 0 Å². The molecule has 0 radical (unpaired) electrons. The van der Waals surface area contributed by atoms with E-state index < -0.39 is 12.0 Å². The Kier molecular flexibility index (Phi) is 3.27. The molecule has 4 nitrogen and oxygen atoms in total. The van der Waals surface area contributed by atoms with Crippen molar-refractivity contribution in [3.05, 3.63) is 84.1 Å². The van der Waals surface area contributed by atoms with Gasteiger partial charge >= 0.3 is 5.97 Å². The fraction of sp³-hybridized carbons (Fsp3) is 0.0526. The van der Waals surface area contributed by atoms with Crippen molar-refractivity contribution in [3.8, 4) is 11.3 Å². The molecule has 0 N–H and O–H groups in total. The summed E-state index contributed by atoms with van der Waals surface area (Å²) in [4.78, 5) is 16.5. The zero-order valence-corrected chi connectivity index (χ0v) is 12.2. The topological polar surface area (TPSA) is 51.8 Å². The van der Waals surface area contributed by atoms with Gasteiger partial charge in [0.25, 0.3) is 0 Å². The van der Waals surface area contributed by atoms with Crippen molar-refractivity contribution in [2.75, 3.05) is 0 Å². The maximum Gasteiger partial charge on any atom is 0.345 e. The number of esters is 1. The lowest BCUT2D eigenvalue weighted by atomic mass is 10.2. The highest BCUT2D eigenvalue weighted by atomic mass is 16.6. The largest absolute Gasteiger partial charge is 0.458 e. The van der Waals surface area contributed by atoms with E-state index in [2.05, 4.69) is 4.99 Å². The normalized spacial score (nSPS) is 17.0. The van der Waals surface area contributed by atoms with Gasteiger partial charge in [0.1, 0.15) is 11.5 Å². The minimum Gasteiger partial charge on any atom is -0.458 e. The second kappa shape index (κ2) is 5.57. The average Bonchev–Trinajstić information content (AvgIpc) is 3.23. The van der Waals surface area contributed by atoms with Crippen LogP contribution in [0.15, 0.2) is 82.2 Å². The van der Waals surface area contributed by atoms with Crippen LogP contribution in [-0.2, 0) is 9.53 Å². The van der Waals surface area contributed by atoms with Gasteiger partial charge in [-0.3, -0.25) is 0 Å². The summed E-state index contributed by atoms with van der Waals surface area (Å²) in [5.74, 6) is 1.10. The Balaban J connectivity index is 1.65. The molecule has 23 heavy (non-hydrogen) atoms. The molecule has 2 aromatic carbocycles. The van der Waals surface area contributed by atoms with Crippen molar-refractivity contribution in [2.45, 2.75) is 6.04 Å². The average molecular weight is 303 g/mol. The van der Waals surface area contributed by atoms with E-state index in [9.17, 15) is 4.79 Å². The number of benzene rings is 2. The van der Waals surface area contributed by atoms with Gasteiger partial charge in [0.05, 0.1) is 0 Å². The molecule has 0 saturated carbocycles. The minimum absolute atomic E-state index is 0.332. The summed E-state index contributed by atoms with van der Waals surface area (Å²) in [7, 11) is 0. The number of cyclic esters (lactones) is 1. The van der Waals surface area contributed by atoms with E-state index in [1.807, 2.05) is 66.7 Å². The third-order valence-electron chi connectivity index (χ3n) is 3.64. The van der Waals surface area contributed by atoms with Crippen molar-refractivity contribution in [1.82, 2.24) is 0 Å². The number of ether oxygens (including phenoxy) is 1. The van der Waals surface area contributed by atoms with Gasteiger partial charge in [-0.25, -0.2) is 9.79 Å². The molecule has 1 aliphatic heterocycles. The Morgan fingerprint density at radius 1 is 0.783 bits per heavy atom. The molecular weight excluding hydrogens is 290 g/mol. The van der Waals surface area contributed by atoms with Gasteiger partial charge in [-0.2, -0.15) is 0 Å². The Morgan fingerprint density at radius 3 is 2.13 bits per heavy atom. The molecule has 0 spiro atoms. The standard InChI is InChI=1S/C19H13NO3/c21-19-17(20-18(23-19)14-9-5-2-6-10-14)16-12-11-15(22-16)13-7-3-1-4-8-13/h1-12,17H. The molecule has 1 atom stereocenters. The van der Waals surface area contributed by atoms with E-state index in [1.165, 1.54) is 0 Å². The Bertz CT molecular complexity index is 866. The SMILES string of the molecule is O=C1OC(c2ccccc2)=NC1c1ccc(-c2ccccc2)o1. The highest BCUT2D eigenvalue weighted by Crippen LogP contribution is 2.31. The van der Waals surface area contributed by atoms with Crippen LogP contribution in [0.1, 0.15) is 17.4 Å². The van der Waals surface area contributed by atoms with Crippen LogP contribution in [0.5, 0.6) is 0 Å². The van der Waals surface area contributed by atoms with Crippen molar-refractivity contribution in [3.63, 3.8) is 0 Å². The first kappa shape index (κ1) is 13.5. The quantitative estimate of drug-likeness (QED) is 0.687. The lowest BCUT2D eigenvalue weighted by Gasteiger charge is -1.99. The number of carbonyl (C=O) groups is 1. The van der Waals surface area contributed by atoms with E-state index in [-0.39, 0.29) is 0 Å². The first-order chi connectivity index (χ1) is 11.3. The van der Waals surface area contributed by atoms with E-state index in [0.29, 0.717) is 17.4 Å². The number of hydrogen-bond donors (Lipinski definition) is 0. The summed E-state index contributed by atoms with van der Waals surface area (Å²) < 4.78 is 11.1. The molecule has 112 valence electrons. The van der Waals surface area contributed by atoms with Crippen LogP contribution in [-0.4, -0.2) is 11.9 Å². The van der Waals surface area contributed by atoms with E-state index in [1.54, 1.807) is 6.07 Å². The lowest BCUT2D eigenvalue weighted by molar-refractivity contribution is -0.135. The fourth-order valence-electron chi connectivity index (χ4n) is 2.50. The van der Waals surface area contributed by atoms with Crippen molar-refractivity contribution >= 4 is 11.9 Å². The van der Waals surface area contributed by atoms with E-state index in [0.717, 1.165) is 11.1 Å². The first-order valence-electron chi connectivity index (χ1n) is 7.31. The number of carbonyl (C=O) groups excluding carboxylic acids is 1. The van der Waals surface area contributed by atoms with E-state index in [4.69, 9.17) is 9.15 Å². The zero-order valence-electron chi connectivity index (χ0n) is 12.2. The summed E-state index contributed by atoms with van der Waals surface area (Å²) in [5.41, 5.74) is 1.73. The number of furan rings is 1. The maximum atomic E-state index is 12.1. The van der Waals surface area contributed by atoms with Crippen LogP contribution in [0.25, 0.3) is 11.3 Å². The molecule has 1 aromatic heterocycles. The van der Waals surface area contributed by atoms with Crippen molar-refractivity contribution in [2.24, 2.45) is 4.99 Å². The highest BCUT2D eigenvalue weighted by Gasteiger charge is 2.33.